The molecule has 2 rings (SSSR count). The van der Waals surface area contributed by atoms with E-state index in [9.17, 15) is 29.4 Å². The summed E-state index contributed by atoms with van der Waals surface area (Å²) in [6, 6.07) is 1.77. The number of nitrogens with zero attached hydrogens (tertiary/aromatic N) is 1. The molecule has 3 amide bonds. The number of phenolic OH excluding ortho intramolecular Hbond substituents is 1. The van der Waals surface area contributed by atoms with Crippen molar-refractivity contribution in [3.8, 4) is 5.75 Å². The van der Waals surface area contributed by atoms with Crippen molar-refractivity contribution in [2.75, 3.05) is 0 Å². The van der Waals surface area contributed by atoms with Gasteiger partial charge in [0.05, 0.1) is 12.4 Å². The summed E-state index contributed by atoms with van der Waals surface area (Å²) in [5.74, 6) is -3.23. The van der Waals surface area contributed by atoms with Crippen molar-refractivity contribution in [2.45, 2.75) is 71.1 Å². The number of rotatable bonds is 14. The Hall–Kier alpha value is -3.93. The van der Waals surface area contributed by atoms with Crippen LogP contribution in [0.3, 0.4) is 0 Å². The molecular weight excluding hydrogens is 492 g/mol. The van der Waals surface area contributed by atoms with Gasteiger partial charge in [0, 0.05) is 24.7 Å². The molecule has 38 heavy (non-hydrogen) atoms. The van der Waals surface area contributed by atoms with Crippen LogP contribution in [-0.2, 0) is 32.0 Å². The summed E-state index contributed by atoms with van der Waals surface area (Å²) in [6.45, 7) is 7.28. The van der Waals surface area contributed by atoms with Gasteiger partial charge in [0.15, 0.2) is 0 Å². The van der Waals surface area contributed by atoms with E-state index in [1.807, 2.05) is 13.8 Å². The zero-order valence-electron chi connectivity index (χ0n) is 22.1. The summed E-state index contributed by atoms with van der Waals surface area (Å²) in [6.07, 6.45) is 3.46. The highest BCUT2D eigenvalue weighted by atomic mass is 16.4. The van der Waals surface area contributed by atoms with Crippen molar-refractivity contribution in [3.63, 3.8) is 0 Å². The van der Waals surface area contributed by atoms with E-state index >= 15 is 0 Å². The normalized spacial score (nSPS) is 14.4. The molecule has 0 bridgehead atoms. The third-order valence-electron chi connectivity index (χ3n) is 5.91. The zero-order valence-corrected chi connectivity index (χ0v) is 22.1. The first-order valence-corrected chi connectivity index (χ1v) is 12.5. The third kappa shape index (κ3) is 9.51. The Labute approximate surface area is 221 Å². The number of carbonyl (C=O) groups is 4. The van der Waals surface area contributed by atoms with E-state index in [0.717, 1.165) is 0 Å². The SMILES string of the molecule is CC(C)CC(N)C(=O)NC(Cc1cnc[nH]1)C(=O)NC(C(=O)NC(Cc1ccc(O)cc1)C(=O)O)C(C)C. The molecule has 4 atom stereocenters. The fourth-order valence-electron chi connectivity index (χ4n) is 3.84. The van der Waals surface area contributed by atoms with Crippen molar-refractivity contribution in [1.82, 2.24) is 25.9 Å². The molecule has 0 aliphatic carbocycles. The van der Waals surface area contributed by atoms with Crippen LogP contribution in [0.1, 0.15) is 45.4 Å². The van der Waals surface area contributed by atoms with Gasteiger partial charge in [0.2, 0.25) is 17.7 Å². The molecular formula is C26H38N6O6. The molecule has 208 valence electrons. The van der Waals surface area contributed by atoms with Gasteiger partial charge >= 0.3 is 5.97 Å². The van der Waals surface area contributed by atoms with Crippen LogP contribution in [0.5, 0.6) is 5.75 Å². The van der Waals surface area contributed by atoms with Crippen LogP contribution < -0.4 is 21.7 Å². The summed E-state index contributed by atoms with van der Waals surface area (Å²) in [5, 5.41) is 26.9. The topological polar surface area (TPSA) is 200 Å². The van der Waals surface area contributed by atoms with Gasteiger partial charge in [-0.1, -0.05) is 39.8 Å². The Kier molecular flexibility index (Phi) is 11.3. The number of aromatic nitrogens is 2. The minimum absolute atomic E-state index is 0.0215. The van der Waals surface area contributed by atoms with Gasteiger partial charge in [-0.2, -0.15) is 0 Å². The number of aromatic amines is 1. The Morgan fingerprint density at radius 1 is 0.921 bits per heavy atom. The number of carboxylic acids is 1. The quantitative estimate of drug-likeness (QED) is 0.183. The van der Waals surface area contributed by atoms with Crippen LogP contribution >= 0.6 is 0 Å². The van der Waals surface area contributed by atoms with E-state index in [0.29, 0.717) is 17.7 Å². The molecule has 0 saturated carbocycles. The summed E-state index contributed by atoms with van der Waals surface area (Å²) < 4.78 is 0. The van der Waals surface area contributed by atoms with Crippen molar-refractivity contribution < 1.29 is 29.4 Å². The van der Waals surface area contributed by atoms with Crippen LogP contribution in [0.15, 0.2) is 36.8 Å². The van der Waals surface area contributed by atoms with E-state index in [1.54, 1.807) is 26.0 Å². The first kappa shape index (κ1) is 30.3. The second-order valence-corrected chi connectivity index (χ2v) is 10.1. The van der Waals surface area contributed by atoms with E-state index in [-0.39, 0.29) is 24.5 Å². The Morgan fingerprint density at radius 3 is 2.08 bits per heavy atom. The summed E-state index contributed by atoms with van der Waals surface area (Å²) in [4.78, 5) is 57.8. The Bertz CT molecular complexity index is 1070. The van der Waals surface area contributed by atoms with Gasteiger partial charge in [0.1, 0.15) is 23.9 Å². The van der Waals surface area contributed by atoms with Gasteiger partial charge in [-0.3, -0.25) is 14.4 Å². The molecule has 12 heteroatoms. The molecule has 0 aliphatic heterocycles. The van der Waals surface area contributed by atoms with E-state index < -0.39 is 53.8 Å². The fourth-order valence-corrected chi connectivity index (χ4v) is 3.84. The van der Waals surface area contributed by atoms with Crippen molar-refractivity contribution >= 4 is 23.7 Å². The number of amides is 3. The average Bonchev–Trinajstić information content (AvgIpc) is 3.35. The van der Waals surface area contributed by atoms with Crippen LogP contribution in [0.4, 0.5) is 0 Å². The molecule has 0 spiro atoms. The first-order valence-electron chi connectivity index (χ1n) is 12.5. The van der Waals surface area contributed by atoms with E-state index in [4.69, 9.17) is 5.73 Å². The second-order valence-electron chi connectivity index (χ2n) is 10.1. The number of carbonyl (C=O) groups excluding carboxylic acids is 3. The number of carboxylic acid groups (broad SMARTS) is 1. The van der Waals surface area contributed by atoms with Crippen molar-refractivity contribution in [3.05, 3.63) is 48.0 Å². The largest absolute Gasteiger partial charge is 0.508 e. The van der Waals surface area contributed by atoms with Gasteiger partial charge in [-0.15, -0.1) is 0 Å². The lowest BCUT2D eigenvalue weighted by Gasteiger charge is -2.27. The predicted octanol–water partition coefficient (Wildman–Crippen LogP) is 0.469. The Balaban J connectivity index is 2.16. The van der Waals surface area contributed by atoms with E-state index in [1.165, 1.54) is 24.7 Å². The number of aliphatic carboxylic acids is 1. The average molecular weight is 531 g/mol. The molecule has 0 fully saturated rings. The summed E-state index contributed by atoms with van der Waals surface area (Å²) in [5.41, 5.74) is 7.18. The molecule has 1 aromatic carbocycles. The number of nitrogens with one attached hydrogen (secondary N) is 4. The number of aromatic hydroxyl groups is 1. The number of benzene rings is 1. The smallest absolute Gasteiger partial charge is 0.326 e. The third-order valence-corrected chi connectivity index (χ3v) is 5.91. The number of imidazole rings is 1. The number of nitrogens with two attached hydrogens (primary N) is 1. The molecule has 0 radical (unpaired) electrons. The minimum Gasteiger partial charge on any atom is -0.508 e. The molecule has 4 unspecified atom stereocenters. The van der Waals surface area contributed by atoms with Gasteiger partial charge in [-0.25, -0.2) is 9.78 Å². The molecule has 2 aromatic rings. The van der Waals surface area contributed by atoms with Crippen molar-refractivity contribution in [1.29, 1.82) is 0 Å². The second kappa shape index (κ2) is 14.1. The van der Waals surface area contributed by atoms with Gasteiger partial charge < -0.3 is 36.9 Å². The van der Waals surface area contributed by atoms with Crippen LogP contribution in [0, 0.1) is 11.8 Å². The molecule has 1 aromatic heterocycles. The first-order chi connectivity index (χ1) is 17.9. The van der Waals surface area contributed by atoms with Crippen LogP contribution in [0.2, 0.25) is 0 Å². The molecule has 0 saturated heterocycles. The summed E-state index contributed by atoms with van der Waals surface area (Å²) >= 11 is 0. The number of H-pyrrole nitrogens is 1. The molecule has 0 aliphatic rings. The molecule has 1 heterocycles. The predicted molar refractivity (Wildman–Crippen MR) is 140 cm³/mol. The highest BCUT2D eigenvalue weighted by Gasteiger charge is 2.32. The molecule has 12 nitrogen and oxygen atoms in total. The summed E-state index contributed by atoms with van der Waals surface area (Å²) in [7, 11) is 0. The zero-order chi connectivity index (χ0) is 28.4. The minimum atomic E-state index is -1.26. The highest BCUT2D eigenvalue weighted by molar-refractivity contribution is 5.94. The maximum absolute atomic E-state index is 13.3. The highest BCUT2D eigenvalue weighted by Crippen LogP contribution is 2.12. The van der Waals surface area contributed by atoms with Gasteiger partial charge in [0.25, 0.3) is 0 Å². The fraction of sp³-hybridized carbons (Fsp3) is 0.500. The number of hydrogen-bond acceptors (Lipinski definition) is 7. The van der Waals surface area contributed by atoms with Crippen molar-refractivity contribution in [2.24, 2.45) is 17.6 Å². The number of phenols is 1. The number of hydrogen-bond donors (Lipinski definition) is 7. The van der Waals surface area contributed by atoms with Gasteiger partial charge in [-0.05, 0) is 36.0 Å². The van der Waals surface area contributed by atoms with Crippen LogP contribution in [-0.4, -0.2) is 68.0 Å². The standard InChI is InChI=1S/C26H38N6O6/c1-14(2)9-19(27)23(34)30-20(11-17-12-28-13-29-17)24(35)32-22(15(3)4)25(36)31-21(26(37)38)10-16-5-7-18(33)8-6-16/h5-8,12-15,19-22,33H,9-11,27H2,1-4H3,(H,28,29)(H,30,34)(H,31,36)(H,32,35)(H,37,38). The van der Waals surface area contributed by atoms with Crippen LogP contribution in [0.25, 0.3) is 0 Å². The lowest BCUT2D eigenvalue weighted by molar-refractivity contribution is -0.142. The maximum atomic E-state index is 13.3. The maximum Gasteiger partial charge on any atom is 0.326 e. The lowest BCUT2D eigenvalue weighted by atomic mass is 10.00. The molecule has 8 N–H and O–H groups in total. The Morgan fingerprint density at radius 2 is 1.55 bits per heavy atom. The lowest BCUT2D eigenvalue weighted by Crippen LogP contribution is -2.59. The monoisotopic (exact) mass is 530 g/mol. The van der Waals surface area contributed by atoms with E-state index in [2.05, 4.69) is 25.9 Å².